The topological polar surface area (TPSA) is 102 Å². The fraction of sp³-hybridized carbons (Fsp3) is 0.333. The zero-order chi connectivity index (χ0) is 23.3. The molecular weight excluding hydrogens is 444 g/mol. The Morgan fingerprint density at radius 1 is 1.03 bits per heavy atom. The van der Waals surface area contributed by atoms with Gasteiger partial charge in [0.05, 0.1) is 18.1 Å². The number of morpholine rings is 1. The number of hydrogen-bond donors (Lipinski definition) is 1. The van der Waals surface area contributed by atoms with Gasteiger partial charge in [0.15, 0.2) is 6.61 Å². The molecule has 1 heterocycles. The number of sulfonamides is 1. The minimum Gasteiger partial charge on any atom is -0.452 e. The molecule has 0 bridgehead atoms. The van der Waals surface area contributed by atoms with E-state index in [1.807, 2.05) is 18.2 Å². The lowest BCUT2D eigenvalue weighted by molar-refractivity contribution is -0.142. The number of nitrogens with one attached hydrogen (secondary N) is 1. The first kappa shape index (κ1) is 23.2. The van der Waals surface area contributed by atoms with Gasteiger partial charge in [-0.1, -0.05) is 18.2 Å². The maximum absolute atomic E-state index is 12.6. The molecule has 1 N–H and O–H groups in total. The molecule has 33 heavy (non-hydrogen) atoms. The number of hydrogen-bond acceptors (Lipinski definition) is 6. The van der Waals surface area contributed by atoms with Crippen LogP contribution in [0, 0.1) is 0 Å². The molecule has 0 spiro atoms. The summed E-state index contributed by atoms with van der Waals surface area (Å²) in [5, 5.41) is 2.74. The number of benzene rings is 2. The fourth-order valence-corrected chi connectivity index (χ4v) is 5.29. The van der Waals surface area contributed by atoms with Crippen molar-refractivity contribution in [1.29, 1.82) is 0 Å². The Balaban J connectivity index is 1.26. The molecule has 0 atom stereocenters. The maximum atomic E-state index is 12.6. The van der Waals surface area contributed by atoms with Crippen LogP contribution in [0.1, 0.15) is 23.1 Å². The van der Waals surface area contributed by atoms with Crippen molar-refractivity contribution in [2.24, 2.45) is 0 Å². The van der Waals surface area contributed by atoms with Crippen LogP contribution in [0.2, 0.25) is 0 Å². The van der Waals surface area contributed by atoms with E-state index in [2.05, 4.69) is 5.32 Å². The average molecular weight is 471 g/mol. The van der Waals surface area contributed by atoms with E-state index in [0.29, 0.717) is 37.6 Å². The van der Waals surface area contributed by atoms with E-state index < -0.39 is 28.5 Å². The number of esters is 1. The van der Waals surface area contributed by atoms with Gasteiger partial charge in [0.25, 0.3) is 5.91 Å². The van der Waals surface area contributed by atoms with Gasteiger partial charge in [0.1, 0.15) is 0 Å². The molecule has 1 saturated heterocycles. The second-order valence-corrected chi connectivity index (χ2v) is 9.85. The number of carbonyl (C=O) groups excluding carboxylic acids is 2. The molecule has 1 aliphatic carbocycles. The first-order valence-electron chi connectivity index (χ1n) is 10.9. The molecule has 2 aliphatic rings. The predicted molar refractivity (Wildman–Crippen MR) is 123 cm³/mol. The molecular formula is C24H26N2O6S. The number of fused-ring (bicyclic) bond motifs is 1. The zero-order valence-electron chi connectivity index (χ0n) is 18.2. The minimum atomic E-state index is -3.56. The predicted octanol–water partition coefficient (Wildman–Crippen LogP) is 2.39. The van der Waals surface area contributed by atoms with Crippen molar-refractivity contribution in [3.05, 3.63) is 65.2 Å². The van der Waals surface area contributed by atoms with Crippen molar-refractivity contribution in [1.82, 2.24) is 4.31 Å². The molecule has 0 radical (unpaired) electrons. The lowest BCUT2D eigenvalue weighted by Crippen LogP contribution is -2.40. The summed E-state index contributed by atoms with van der Waals surface area (Å²) in [6.07, 6.45) is 5.92. The van der Waals surface area contributed by atoms with Crippen LogP contribution in [0.15, 0.2) is 53.4 Å². The van der Waals surface area contributed by atoms with E-state index in [1.54, 1.807) is 12.1 Å². The molecule has 2 aromatic rings. The highest BCUT2D eigenvalue weighted by Gasteiger charge is 2.26. The smallest absolute Gasteiger partial charge is 0.331 e. The van der Waals surface area contributed by atoms with Crippen LogP contribution in [-0.4, -0.2) is 57.5 Å². The number of rotatable bonds is 7. The lowest BCUT2D eigenvalue weighted by Gasteiger charge is -2.26. The molecule has 2 aromatic carbocycles. The van der Waals surface area contributed by atoms with E-state index in [4.69, 9.17) is 9.47 Å². The number of aryl methyl sites for hydroxylation is 2. The third-order valence-electron chi connectivity index (χ3n) is 5.63. The monoisotopic (exact) mass is 470 g/mol. The summed E-state index contributed by atoms with van der Waals surface area (Å²) in [4.78, 5) is 24.2. The highest BCUT2D eigenvalue weighted by atomic mass is 32.2. The first-order valence-corrected chi connectivity index (χ1v) is 12.3. The van der Waals surface area contributed by atoms with E-state index in [9.17, 15) is 18.0 Å². The van der Waals surface area contributed by atoms with Crippen molar-refractivity contribution < 1.29 is 27.5 Å². The van der Waals surface area contributed by atoms with Gasteiger partial charge in [0.2, 0.25) is 10.0 Å². The second-order valence-electron chi connectivity index (χ2n) is 7.91. The van der Waals surface area contributed by atoms with Crippen LogP contribution in [-0.2, 0) is 41.9 Å². The Morgan fingerprint density at radius 2 is 1.76 bits per heavy atom. The Bertz CT molecular complexity index is 1150. The Morgan fingerprint density at radius 3 is 2.52 bits per heavy atom. The molecule has 1 aliphatic heterocycles. The largest absolute Gasteiger partial charge is 0.452 e. The van der Waals surface area contributed by atoms with Crippen LogP contribution in [0.4, 0.5) is 5.69 Å². The third-order valence-corrected chi connectivity index (χ3v) is 7.54. The zero-order valence-corrected chi connectivity index (χ0v) is 19.0. The van der Waals surface area contributed by atoms with Crippen molar-refractivity contribution in [2.45, 2.75) is 24.2 Å². The number of carbonyl (C=O) groups is 2. The highest BCUT2D eigenvalue weighted by molar-refractivity contribution is 7.89. The Hall–Kier alpha value is -3.01. The number of ether oxygens (including phenoxy) is 2. The van der Waals surface area contributed by atoms with Gasteiger partial charge in [-0.25, -0.2) is 13.2 Å². The first-order chi connectivity index (χ1) is 15.9. The van der Waals surface area contributed by atoms with Gasteiger partial charge >= 0.3 is 5.97 Å². The van der Waals surface area contributed by atoms with Crippen LogP contribution < -0.4 is 5.32 Å². The van der Waals surface area contributed by atoms with Crippen LogP contribution >= 0.6 is 0 Å². The van der Waals surface area contributed by atoms with Crippen molar-refractivity contribution in [2.75, 3.05) is 38.2 Å². The standard InChI is InChI=1S/C24H26N2O6S/c27-23(25-21-8-7-19-2-1-3-20(19)16-21)17-32-24(28)11-6-18-4-9-22(10-5-18)33(29,30)26-12-14-31-15-13-26/h4-11,16H,1-3,12-15,17H2,(H,25,27)/b11-6+. The number of amides is 1. The SMILES string of the molecule is O=C(COC(=O)/C=C/c1ccc(S(=O)(=O)N2CCOCC2)cc1)Nc1ccc2c(c1)CCC2. The second kappa shape index (κ2) is 10.3. The summed E-state index contributed by atoms with van der Waals surface area (Å²) in [6.45, 7) is 1.03. The van der Waals surface area contributed by atoms with Gasteiger partial charge < -0.3 is 14.8 Å². The molecule has 1 fully saturated rings. The van der Waals surface area contributed by atoms with Gasteiger partial charge in [-0.05, 0) is 66.3 Å². The molecule has 9 heteroatoms. The third kappa shape index (κ3) is 5.87. The van der Waals surface area contributed by atoms with Gasteiger partial charge in [0, 0.05) is 24.9 Å². The van der Waals surface area contributed by atoms with Crippen LogP contribution in [0.3, 0.4) is 0 Å². The quantitative estimate of drug-likeness (QED) is 0.493. The highest BCUT2D eigenvalue weighted by Crippen LogP contribution is 2.25. The molecule has 4 rings (SSSR count). The van der Waals surface area contributed by atoms with Gasteiger partial charge in [-0.2, -0.15) is 4.31 Å². The summed E-state index contributed by atoms with van der Waals surface area (Å²) >= 11 is 0. The van der Waals surface area contributed by atoms with E-state index in [1.165, 1.54) is 39.7 Å². The number of anilines is 1. The lowest BCUT2D eigenvalue weighted by atomic mass is 10.1. The Labute approximate surface area is 193 Å². The molecule has 8 nitrogen and oxygen atoms in total. The van der Waals surface area contributed by atoms with Crippen LogP contribution in [0.25, 0.3) is 6.08 Å². The van der Waals surface area contributed by atoms with Gasteiger partial charge in [-0.3, -0.25) is 4.79 Å². The van der Waals surface area contributed by atoms with Crippen LogP contribution in [0.5, 0.6) is 0 Å². The molecule has 0 aromatic heterocycles. The normalized spacial score (nSPS) is 16.5. The fourth-order valence-electron chi connectivity index (χ4n) is 3.88. The average Bonchev–Trinajstić information content (AvgIpc) is 3.30. The van der Waals surface area contributed by atoms with E-state index >= 15 is 0 Å². The molecule has 1 amide bonds. The van der Waals surface area contributed by atoms with Gasteiger partial charge in [-0.15, -0.1) is 0 Å². The molecule has 174 valence electrons. The van der Waals surface area contributed by atoms with Crippen molar-refractivity contribution >= 4 is 33.7 Å². The van der Waals surface area contributed by atoms with Crippen molar-refractivity contribution in [3.8, 4) is 0 Å². The summed E-state index contributed by atoms with van der Waals surface area (Å²) in [6, 6.07) is 12.1. The summed E-state index contributed by atoms with van der Waals surface area (Å²) in [5.41, 5.74) is 3.89. The van der Waals surface area contributed by atoms with E-state index in [-0.39, 0.29) is 4.90 Å². The van der Waals surface area contributed by atoms with E-state index in [0.717, 1.165) is 19.3 Å². The molecule has 0 unspecified atom stereocenters. The Kier molecular flexibility index (Phi) is 7.22. The van der Waals surface area contributed by atoms with Crippen molar-refractivity contribution in [3.63, 3.8) is 0 Å². The minimum absolute atomic E-state index is 0.187. The number of nitrogens with zero attached hydrogens (tertiary/aromatic N) is 1. The summed E-state index contributed by atoms with van der Waals surface area (Å²) < 4.78 is 36.9. The summed E-state index contributed by atoms with van der Waals surface area (Å²) in [7, 11) is -3.56. The summed E-state index contributed by atoms with van der Waals surface area (Å²) in [5.74, 6) is -1.07. The maximum Gasteiger partial charge on any atom is 0.331 e. The molecule has 0 saturated carbocycles.